The van der Waals surface area contributed by atoms with Crippen LogP contribution in [0.4, 0.5) is 4.79 Å². The molecule has 0 saturated carbocycles. The third kappa shape index (κ3) is 6.30. The average molecular weight is 541 g/mol. The number of nitrogens with one attached hydrogen (secondary N) is 1. The van der Waals surface area contributed by atoms with Crippen LogP contribution in [0.25, 0.3) is 5.57 Å². The highest BCUT2D eigenvalue weighted by atomic mass is 35.5. The Morgan fingerprint density at radius 1 is 1.26 bits per heavy atom. The van der Waals surface area contributed by atoms with E-state index in [1.54, 1.807) is 17.4 Å². The van der Waals surface area contributed by atoms with Crippen LogP contribution in [0.3, 0.4) is 0 Å². The first-order valence-corrected chi connectivity index (χ1v) is 13.4. The van der Waals surface area contributed by atoms with Crippen molar-refractivity contribution in [1.29, 1.82) is 0 Å². The number of carbonyl (C=O) groups is 2. The maximum Gasteiger partial charge on any atom is 0.410 e. The summed E-state index contributed by atoms with van der Waals surface area (Å²) in [5.74, 6) is 0.338. The van der Waals surface area contributed by atoms with Crippen LogP contribution in [0.5, 0.6) is 0 Å². The first-order chi connectivity index (χ1) is 18.2. The topological polar surface area (TPSA) is 85.7 Å². The van der Waals surface area contributed by atoms with Crippen molar-refractivity contribution in [3.63, 3.8) is 0 Å². The van der Waals surface area contributed by atoms with Crippen LogP contribution in [-0.4, -0.2) is 59.4 Å². The molecule has 1 aromatic carbocycles. The lowest BCUT2D eigenvalue weighted by Crippen LogP contribution is -2.41. The van der Waals surface area contributed by atoms with E-state index in [0.717, 1.165) is 41.7 Å². The van der Waals surface area contributed by atoms with E-state index in [-0.39, 0.29) is 30.6 Å². The van der Waals surface area contributed by atoms with Crippen LogP contribution in [0.2, 0.25) is 5.02 Å². The molecule has 204 valence electrons. The maximum absolute atomic E-state index is 12.7. The normalized spacial score (nSPS) is 19.0. The number of fused-ring (bicyclic) bond motifs is 1. The Morgan fingerprint density at radius 2 is 2.00 bits per heavy atom. The molecule has 2 heterocycles. The molecule has 9 heteroatoms. The Labute approximate surface area is 229 Å². The van der Waals surface area contributed by atoms with Crippen LogP contribution >= 0.6 is 11.6 Å². The number of likely N-dealkylation sites (tertiary alicyclic amines) is 1. The number of imidazole rings is 1. The summed E-state index contributed by atoms with van der Waals surface area (Å²) in [6.07, 6.45) is 7.71. The van der Waals surface area contributed by atoms with Crippen molar-refractivity contribution in [2.24, 2.45) is 13.0 Å². The van der Waals surface area contributed by atoms with Gasteiger partial charge in [-0.2, -0.15) is 0 Å². The molecule has 2 aromatic rings. The molecule has 2 unspecified atom stereocenters. The zero-order chi connectivity index (χ0) is 27.4. The van der Waals surface area contributed by atoms with Crippen LogP contribution in [-0.2, 0) is 21.3 Å². The van der Waals surface area contributed by atoms with Crippen LogP contribution < -0.4 is 5.32 Å². The summed E-state index contributed by atoms with van der Waals surface area (Å²) in [6.45, 7) is 9.40. The van der Waals surface area contributed by atoms with Crippen molar-refractivity contribution in [2.45, 2.75) is 51.2 Å². The lowest BCUT2D eigenvalue weighted by atomic mass is 9.76. The zero-order valence-electron chi connectivity index (χ0n) is 22.6. The predicted molar refractivity (Wildman–Crippen MR) is 148 cm³/mol. The number of hydrogen-bond acceptors (Lipinski definition) is 5. The highest BCUT2D eigenvalue weighted by molar-refractivity contribution is 6.30. The maximum atomic E-state index is 12.7. The molecule has 2 aliphatic rings. The minimum absolute atomic E-state index is 0.0502. The first-order valence-electron chi connectivity index (χ1n) is 13.1. The molecule has 0 spiro atoms. The highest BCUT2D eigenvalue weighted by Crippen LogP contribution is 2.46. The van der Waals surface area contributed by atoms with E-state index in [9.17, 15) is 9.59 Å². The fourth-order valence-electron chi connectivity index (χ4n) is 5.56. The lowest BCUT2D eigenvalue weighted by Gasteiger charge is -2.36. The summed E-state index contributed by atoms with van der Waals surface area (Å²) in [6, 6.07) is 5.54. The summed E-state index contributed by atoms with van der Waals surface area (Å²) in [7, 11) is 3.41. The summed E-state index contributed by atoms with van der Waals surface area (Å²) in [4.78, 5) is 31.3. The van der Waals surface area contributed by atoms with Crippen molar-refractivity contribution >= 4 is 29.2 Å². The van der Waals surface area contributed by atoms with Crippen molar-refractivity contribution in [1.82, 2.24) is 19.8 Å². The number of piperidine rings is 1. The van der Waals surface area contributed by atoms with Gasteiger partial charge in [0, 0.05) is 32.3 Å². The van der Waals surface area contributed by atoms with Crippen LogP contribution in [0, 0.1) is 5.92 Å². The van der Waals surface area contributed by atoms with Gasteiger partial charge >= 0.3 is 6.09 Å². The van der Waals surface area contributed by atoms with Gasteiger partial charge in [-0.25, -0.2) is 9.78 Å². The summed E-state index contributed by atoms with van der Waals surface area (Å²) < 4.78 is 12.4. The SMILES string of the molecule is C=C1C=C(C(NC(=O)COC)c2cncn2C)c2cc(Cl)ccc2C(C2CCN(C(=O)OC(C)C)CC2)C1. The standard InChI is InChI=1S/C29H37ClN4O4/c1-18(2)38-29(36)34-10-8-20(9-11-34)23-12-19(3)13-25(24-14-21(30)6-7-22(23)24)28(32-27(35)16-37-5)26-15-31-17-33(26)4/h6-7,13-15,17-18,20,23,28H,3,8-12,16H2,1-2,4-5H3,(H,32,35). The smallest absolute Gasteiger partial charge is 0.410 e. The van der Waals surface area contributed by atoms with E-state index >= 15 is 0 Å². The molecule has 8 nitrogen and oxygen atoms in total. The Morgan fingerprint density at radius 3 is 2.63 bits per heavy atom. The first kappa shape index (κ1) is 27.9. The van der Waals surface area contributed by atoms with Crippen molar-refractivity contribution in [3.05, 3.63) is 70.8 Å². The van der Waals surface area contributed by atoms with Gasteiger partial charge < -0.3 is 24.3 Å². The van der Waals surface area contributed by atoms with Gasteiger partial charge in [-0.3, -0.25) is 4.79 Å². The van der Waals surface area contributed by atoms with Gasteiger partial charge in [-0.15, -0.1) is 0 Å². The van der Waals surface area contributed by atoms with E-state index in [1.807, 2.05) is 37.6 Å². The number of ether oxygens (including phenoxy) is 2. The Hall–Kier alpha value is -3.10. The number of allylic oxidation sites excluding steroid dienone is 2. The largest absolute Gasteiger partial charge is 0.447 e. The number of amides is 2. The predicted octanol–water partition coefficient (Wildman–Crippen LogP) is 5.26. The Bertz CT molecular complexity index is 1210. The molecule has 1 N–H and O–H groups in total. The molecule has 38 heavy (non-hydrogen) atoms. The van der Waals surface area contributed by atoms with Crippen molar-refractivity contribution in [2.75, 3.05) is 26.8 Å². The fraction of sp³-hybridized carbons (Fsp3) is 0.483. The van der Waals surface area contributed by atoms with Crippen molar-refractivity contribution in [3.8, 4) is 0 Å². The van der Waals surface area contributed by atoms with Gasteiger partial charge in [-0.1, -0.05) is 35.9 Å². The third-order valence-electron chi connectivity index (χ3n) is 7.31. The number of carbonyl (C=O) groups excluding carboxylic acids is 2. The Balaban J connectivity index is 1.68. The molecule has 1 aromatic heterocycles. The second kappa shape index (κ2) is 12.2. The van der Waals surface area contributed by atoms with Gasteiger partial charge in [0.15, 0.2) is 0 Å². The van der Waals surface area contributed by atoms with Gasteiger partial charge in [0.2, 0.25) is 5.91 Å². The number of benzene rings is 1. The zero-order valence-corrected chi connectivity index (χ0v) is 23.3. The third-order valence-corrected chi connectivity index (χ3v) is 7.55. The monoisotopic (exact) mass is 540 g/mol. The van der Waals surface area contributed by atoms with E-state index in [4.69, 9.17) is 21.1 Å². The lowest BCUT2D eigenvalue weighted by molar-refractivity contribution is -0.125. The molecule has 1 saturated heterocycles. The van der Waals surface area contributed by atoms with E-state index in [1.165, 1.54) is 12.7 Å². The molecular weight excluding hydrogens is 504 g/mol. The minimum Gasteiger partial charge on any atom is -0.447 e. The number of aryl methyl sites for hydroxylation is 1. The summed E-state index contributed by atoms with van der Waals surface area (Å²) >= 11 is 6.54. The average Bonchev–Trinajstić information content (AvgIpc) is 3.24. The number of halogens is 1. The Kier molecular flexibility index (Phi) is 8.95. The summed E-state index contributed by atoms with van der Waals surface area (Å²) in [5.41, 5.74) is 4.91. The van der Waals surface area contributed by atoms with E-state index < -0.39 is 6.04 Å². The van der Waals surface area contributed by atoms with E-state index in [0.29, 0.717) is 24.0 Å². The van der Waals surface area contributed by atoms with E-state index in [2.05, 4.69) is 29.0 Å². The molecule has 1 fully saturated rings. The molecular formula is C29H37ClN4O4. The number of aromatic nitrogens is 2. The molecule has 4 rings (SSSR count). The molecule has 1 aliphatic carbocycles. The summed E-state index contributed by atoms with van der Waals surface area (Å²) in [5, 5.41) is 3.76. The quantitative estimate of drug-likeness (QED) is 0.517. The molecule has 2 amide bonds. The second-order valence-electron chi connectivity index (χ2n) is 10.4. The molecule has 0 radical (unpaired) electrons. The fourth-order valence-corrected chi connectivity index (χ4v) is 5.73. The number of nitrogens with zero attached hydrogens (tertiary/aromatic N) is 3. The molecule has 1 aliphatic heterocycles. The number of rotatable bonds is 7. The molecule has 0 bridgehead atoms. The van der Waals surface area contributed by atoms with Crippen molar-refractivity contribution < 1.29 is 19.1 Å². The van der Waals surface area contributed by atoms with Gasteiger partial charge in [0.25, 0.3) is 0 Å². The van der Waals surface area contributed by atoms with Gasteiger partial charge in [-0.05, 0) is 73.8 Å². The number of methoxy groups -OCH3 is 1. The minimum atomic E-state index is -0.467. The molecule has 2 atom stereocenters. The second-order valence-corrected chi connectivity index (χ2v) is 10.9. The van der Waals surface area contributed by atoms with Gasteiger partial charge in [0.05, 0.1) is 30.4 Å². The highest BCUT2D eigenvalue weighted by Gasteiger charge is 2.35. The number of hydrogen-bond donors (Lipinski definition) is 1. The van der Waals surface area contributed by atoms with Crippen LogP contribution in [0.15, 0.2) is 49.0 Å². The van der Waals surface area contributed by atoms with Crippen LogP contribution in [0.1, 0.15) is 61.9 Å². The van der Waals surface area contributed by atoms with Gasteiger partial charge in [0.1, 0.15) is 6.61 Å².